The number of aromatic nitrogens is 2. The molecule has 1 aromatic heterocycles. The second-order valence-electron chi connectivity index (χ2n) is 10.2. The summed E-state index contributed by atoms with van der Waals surface area (Å²) < 4.78 is 19.2. The first-order valence-electron chi connectivity index (χ1n) is 13.9. The SMILES string of the molecule is COc1cc([C@H]2c3c(C)nn(-c4ccccc4)c3N=C3C(Nc4ccccc4)=Nc4ccccc4N32)cc(OC)c1OC. The molecule has 5 aromatic rings. The van der Waals surface area contributed by atoms with Crippen LogP contribution in [0.4, 0.5) is 22.9 Å². The van der Waals surface area contributed by atoms with Crippen molar-refractivity contribution in [3.63, 3.8) is 0 Å². The van der Waals surface area contributed by atoms with Crippen molar-refractivity contribution in [2.24, 2.45) is 9.98 Å². The summed E-state index contributed by atoms with van der Waals surface area (Å²) in [6.07, 6.45) is 0. The summed E-state index contributed by atoms with van der Waals surface area (Å²) in [6.45, 7) is 2.02. The lowest BCUT2D eigenvalue weighted by Gasteiger charge is -2.40. The number of fused-ring (bicyclic) bond motifs is 4. The van der Waals surface area contributed by atoms with Gasteiger partial charge in [0.2, 0.25) is 5.75 Å². The van der Waals surface area contributed by atoms with E-state index in [4.69, 9.17) is 29.3 Å². The lowest BCUT2D eigenvalue weighted by Crippen LogP contribution is -2.46. The van der Waals surface area contributed by atoms with Crippen molar-refractivity contribution in [3.8, 4) is 22.9 Å². The number of benzene rings is 4. The molecule has 0 aliphatic carbocycles. The second kappa shape index (κ2) is 10.7. The molecule has 1 N–H and O–H groups in total. The molecule has 0 unspecified atom stereocenters. The molecular weight excluding hydrogens is 540 g/mol. The number of nitrogens with zero attached hydrogens (tertiary/aromatic N) is 5. The number of nitrogens with one attached hydrogen (secondary N) is 1. The van der Waals surface area contributed by atoms with Crippen LogP contribution in [0.3, 0.4) is 0 Å². The molecule has 0 spiro atoms. The van der Waals surface area contributed by atoms with Gasteiger partial charge < -0.3 is 24.4 Å². The van der Waals surface area contributed by atoms with E-state index in [1.54, 1.807) is 21.3 Å². The summed E-state index contributed by atoms with van der Waals surface area (Å²) >= 11 is 0. The van der Waals surface area contributed by atoms with E-state index < -0.39 is 0 Å². The Morgan fingerprint density at radius 3 is 2.07 bits per heavy atom. The summed E-state index contributed by atoms with van der Waals surface area (Å²) in [5.41, 5.74) is 6.33. The number of amidine groups is 2. The van der Waals surface area contributed by atoms with Gasteiger partial charge in [0.25, 0.3) is 0 Å². The van der Waals surface area contributed by atoms with Crippen LogP contribution >= 0.6 is 0 Å². The summed E-state index contributed by atoms with van der Waals surface area (Å²) in [7, 11) is 4.86. The highest BCUT2D eigenvalue weighted by atomic mass is 16.5. The maximum atomic E-state index is 5.80. The topological polar surface area (TPSA) is 85.5 Å². The maximum Gasteiger partial charge on any atom is 0.203 e. The van der Waals surface area contributed by atoms with Crippen molar-refractivity contribution in [3.05, 3.63) is 114 Å². The van der Waals surface area contributed by atoms with Gasteiger partial charge >= 0.3 is 0 Å². The van der Waals surface area contributed by atoms with Crippen LogP contribution in [0.15, 0.2) is 107 Å². The zero-order valence-electron chi connectivity index (χ0n) is 24.3. The molecule has 0 amide bonds. The van der Waals surface area contributed by atoms with Crippen LogP contribution in [0.1, 0.15) is 22.9 Å². The van der Waals surface area contributed by atoms with Crippen LogP contribution in [-0.2, 0) is 0 Å². The van der Waals surface area contributed by atoms with Crippen LogP contribution in [0.5, 0.6) is 17.2 Å². The quantitative estimate of drug-likeness (QED) is 0.237. The molecule has 2 aliphatic heterocycles. The number of aliphatic imine (C=N–C) groups is 2. The van der Waals surface area contributed by atoms with Gasteiger partial charge in [-0.2, -0.15) is 5.10 Å². The largest absolute Gasteiger partial charge is 0.493 e. The predicted molar refractivity (Wildman–Crippen MR) is 169 cm³/mol. The van der Waals surface area contributed by atoms with Gasteiger partial charge in [0, 0.05) is 11.3 Å². The van der Waals surface area contributed by atoms with E-state index in [0.29, 0.717) is 28.9 Å². The molecule has 0 saturated carbocycles. The van der Waals surface area contributed by atoms with E-state index in [1.807, 2.05) is 103 Å². The minimum atomic E-state index is -0.349. The molecule has 0 saturated heterocycles. The number of ether oxygens (including phenoxy) is 3. The van der Waals surface area contributed by atoms with Crippen LogP contribution in [0, 0.1) is 6.92 Å². The Morgan fingerprint density at radius 2 is 1.40 bits per heavy atom. The number of hydrogen-bond acceptors (Lipinski definition) is 8. The molecule has 2 aliphatic rings. The van der Waals surface area contributed by atoms with Crippen LogP contribution in [0.2, 0.25) is 0 Å². The van der Waals surface area contributed by atoms with Crippen LogP contribution in [-0.4, -0.2) is 42.8 Å². The number of aryl methyl sites for hydroxylation is 1. The third-order valence-electron chi connectivity index (χ3n) is 7.68. The normalized spacial score (nSPS) is 15.0. The fourth-order valence-electron chi connectivity index (χ4n) is 5.78. The minimum absolute atomic E-state index is 0.349. The maximum absolute atomic E-state index is 5.80. The highest BCUT2D eigenvalue weighted by molar-refractivity contribution is 6.51. The highest BCUT2D eigenvalue weighted by Crippen LogP contribution is 2.50. The average molecular weight is 571 g/mol. The summed E-state index contributed by atoms with van der Waals surface area (Å²) in [5, 5.41) is 8.55. The number of methoxy groups -OCH3 is 3. The molecule has 0 bridgehead atoms. The van der Waals surface area contributed by atoms with Crippen molar-refractivity contribution in [2.45, 2.75) is 13.0 Å². The summed E-state index contributed by atoms with van der Waals surface area (Å²) in [4.78, 5) is 12.6. The predicted octanol–water partition coefficient (Wildman–Crippen LogP) is 7.00. The van der Waals surface area contributed by atoms with E-state index in [1.165, 1.54) is 0 Å². The first-order valence-corrected chi connectivity index (χ1v) is 13.9. The van der Waals surface area contributed by atoms with E-state index in [2.05, 4.69) is 16.3 Å². The Kier molecular flexibility index (Phi) is 6.54. The van der Waals surface area contributed by atoms with Gasteiger partial charge in [0.15, 0.2) is 29.0 Å². The third-order valence-corrected chi connectivity index (χ3v) is 7.68. The van der Waals surface area contributed by atoms with Crippen molar-refractivity contribution in [2.75, 3.05) is 31.5 Å². The highest BCUT2D eigenvalue weighted by Gasteiger charge is 2.42. The average Bonchev–Trinajstić information content (AvgIpc) is 3.39. The van der Waals surface area contributed by atoms with Gasteiger partial charge in [-0.15, -0.1) is 0 Å². The number of hydrogen-bond donors (Lipinski definition) is 1. The molecule has 9 heteroatoms. The van der Waals surface area contributed by atoms with Crippen LogP contribution < -0.4 is 24.4 Å². The smallest absolute Gasteiger partial charge is 0.203 e. The first kappa shape index (κ1) is 26.3. The second-order valence-corrected chi connectivity index (χ2v) is 10.2. The monoisotopic (exact) mass is 570 g/mol. The van der Waals surface area contributed by atoms with Crippen molar-refractivity contribution in [1.29, 1.82) is 0 Å². The summed E-state index contributed by atoms with van der Waals surface area (Å²) in [5.74, 6) is 3.70. The zero-order valence-corrected chi connectivity index (χ0v) is 24.3. The molecule has 4 aromatic carbocycles. The van der Waals surface area contributed by atoms with Crippen molar-refractivity contribution >= 4 is 34.6 Å². The molecule has 3 heterocycles. The number of rotatable bonds is 6. The standard InChI is InChI=1S/C34H30N6O3/c1-21-29-30(22-19-27(41-2)31(43-4)28(20-22)42-3)39-26-18-12-11-17-25(26)36-32(35-23-13-7-5-8-14-23)34(39)37-33(29)40(38-21)24-15-9-6-10-16-24/h5-20,30H,1-4H3,(H,35,36)/t30-/m0/s1. The fourth-order valence-corrected chi connectivity index (χ4v) is 5.78. The molecule has 214 valence electrons. The van der Waals surface area contributed by atoms with Crippen molar-refractivity contribution < 1.29 is 14.2 Å². The number of anilines is 2. The Morgan fingerprint density at radius 1 is 0.744 bits per heavy atom. The molecule has 0 radical (unpaired) electrons. The van der Waals surface area contributed by atoms with Gasteiger partial charge in [-0.3, -0.25) is 0 Å². The fraction of sp³-hybridized carbons (Fsp3) is 0.147. The lowest BCUT2D eigenvalue weighted by atomic mass is 9.92. The molecule has 7 rings (SSSR count). The summed E-state index contributed by atoms with van der Waals surface area (Å²) in [6, 6.07) is 31.8. The lowest BCUT2D eigenvalue weighted by molar-refractivity contribution is 0.323. The Labute approximate surface area is 249 Å². The molecule has 43 heavy (non-hydrogen) atoms. The first-order chi connectivity index (χ1) is 21.1. The molecule has 9 nitrogen and oxygen atoms in total. The van der Waals surface area contributed by atoms with Gasteiger partial charge in [0.1, 0.15) is 0 Å². The van der Waals surface area contributed by atoms with Crippen LogP contribution in [0.25, 0.3) is 5.69 Å². The molecular formula is C34H30N6O3. The molecule has 0 fully saturated rings. The Hall–Kier alpha value is -5.57. The van der Waals surface area contributed by atoms with Gasteiger partial charge in [0.05, 0.1) is 50.1 Å². The number of para-hydroxylation sites is 4. The third kappa shape index (κ3) is 4.37. The van der Waals surface area contributed by atoms with E-state index in [9.17, 15) is 0 Å². The Balaban J connectivity index is 1.53. The minimum Gasteiger partial charge on any atom is -0.493 e. The van der Waals surface area contributed by atoms with Gasteiger partial charge in [-0.05, 0) is 61.0 Å². The Bertz CT molecular complexity index is 1860. The van der Waals surface area contributed by atoms with Gasteiger partial charge in [-0.1, -0.05) is 48.5 Å². The van der Waals surface area contributed by atoms with E-state index in [0.717, 1.165) is 45.4 Å². The van der Waals surface area contributed by atoms with E-state index >= 15 is 0 Å². The van der Waals surface area contributed by atoms with E-state index in [-0.39, 0.29) is 6.04 Å². The zero-order chi connectivity index (χ0) is 29.5. The van der Waals surface area contributed by atoms with Gasteiger partial charge in [-0.25, -0.2) is 14.7 Å². The van der Waals surface area contributed by atoms with Crippen molar-refractivity contribution in [1.82, 2.24) is 9.78 Å². The molecule has 1 atom stereocenters.